The fourth-order valence-electron chi connectivity index (χ4n) is 1.76. The van der Waals surface area contributed by atoms with Gasteiger partial charge in [-0.25, -0.2) is 0 Å². The molecule has 0 aliphatic rings. The average molecular weight is 229 g/mol. The quantitative estimate of drug-likeness (QED) is 0.844. The van der Waals surface area contributed by atoms with Crippen LogP contribution in [0.4, 0.5) is 0 Å². The molecular formula is C13H15N3O. The van der Waals surface area contributed by atoms with Crippen LogP contribution in [0.1, 0.15) is 16.8 Å². The Balaban J connectivity index is 2.66. The third-order valence-electron chi connectivity index (χ3n) is 2.78. The van der Waals surface area contributed by atoms with Crippen molar-refractivity contribution in [3.05, 3.63) is 57.5 Å². The lowest BCUT2D eigenvalue weighted by Crippen LogP contribution is -2.24. The zero-order chi connectivity index (χ0) is 12.4. The summed E-state index contributed by atoms with van der Waals surface area (Å²) in [7, 11) is 0. The van der Waals surface area contributed by atoms with Crippen molar-refractivity contribution in [2.24, 2.45) is 5.73 Å². The second-order valence-corrected chi connectivity index (χ2v) is 4.00. The Morgan fingerprint density at radius 2 is 2.00 bits per heavy atom. The van der Waals surface area contributed by atoms with Crippen LogP contribution in [-0.2, 0) is 6.54 Å². The Kier molecular flexibility index (Phi) is 3.06. The van der Waals surface area contributed by atoms with Gasteiger partial charge in [0.15, 0.2) is 0 Å². The van der Waals surface area contributed by atoms with Crippen LogP contribution in [0.15, 0.2) is 35.1 Å². The van der Waals surface area contributed by atoms with Crippen LogP contribution >= 0.6 is 0 Å². The highest BCUT2D eigenvalue weighted by Crippen LogP contribution is 2.10. The number of nitrogens with two attached hydrogens (primary N) is 1. The number of benzene rings is 1. The smallest absolute Gasteiger partial charge is 0.271 e. The van der Waals surface area contributed by atoms with Crippen molar-refractivity contribution in [2.75, 3.05) is 0 Å². The molecule has 4 nitrogen and oxygen atoms in total. The number of hydrogen-bond donors (Lipinski definition) is 1. The van der Waals surface area contributed by atoms with Gasteiger partial charge in [-0.1, -0.05) is 18.2 Å². The predicted octanol–water partition coefficient (Wildman–Crippen LogP) is 1.31. The summed E-state index contributed by atoms with van der Waals surface area (Å²) in [6.07, 6.45) is 0. The van der Waals surface area contributed by atoms with Crippen molar-refractivity contribution in [1.82, 2.24) is 9.78 Å². The molecule has 4 heteroatoms. The zero-order valence-corrected chi connectivity index (χ0v) is 9.97. The first-order valence-corrected chi connectivity index (χ1v) is 5.49. The van der Waals surface area contributed by atoms with Crippen LogP contribution in [0.25, 0.3) is 5.69 Å². The van der Waals surface area contributed by atoms with Crippen LogP contribution in [0.3, 0.4) is 0 Å². The number of nitrogens with zero attached hydrogens (tertiary/aromatic N) is 2. The first kappa shape index (κ1) is 11.5. The molecular weight excluding hydrogens is 214 g/mol. The predicted molar refractivity (Wildman–Crippen MR) is 67.2 cm³/mol. The van der Waals surface area contributed by atoms with Gasteiger partial charge in [-0.2, -0.15) is 9.78 Å². The summed E-state index contributed by atoms with van der Waals surface area (Å²) in [5.74, 6) is 0. The van der Waals surface area contributed by atoms with Crippen molar-refractivity contribution in [3.8, 4) is 5.69 Å². The summed E-state index contributed by atoms with van der Waals surface area (Å²) < 4.78 is 1.42. The van der Waals surface area contributed by atoms with Gasteiger partial charge in [0.2, 0.25) is 0 Å². The lowest BCUT2D eigenvalue weighted by Gasteiger charge is -2.10. The molecule has 2 rings (SSSR count). The van der Waals surface area contributed by atoms with E-state index in [9.17, 15) is 4.79 Å². The Labute approximate surface area is 99.7 Å². The Morgan fingerprint density at radius 1 is 1.29 bits per heavy atom. The van der Waals surface area contributed by atoms with Crippen molar-refractivity contribution in [2.45, 2.75) is 20.4 Å². The molecule has 0 saturated carbocycles. The van der Waals surface area contributed by atoms with Gasteiger partial charge < -0.3 is 5.73 Å². The molecule has 0 spiro atoms. The topological polar surface area (TPSA) is 60.9 Å². The molecule has 0 unspecified atom stereocenters. The van der Waals surface area contributed by atoms with E-state index < -0.39 is 0 Å². The highest BCUT2D eigenvalue weighted by molar-refractivity contribution is 5.39. The van der Waals surface area contributed by atoms with Crippen molar-refractivity contribution >= 4 is 0 Å². The second kappa shape index (κ2) is 4.51. The van der Waals surface area contributed by atoms with E-state index in [1.54, 1.807) is 6.07 Å². The number of aromatic nitrogens is 2. The van der Waals surface area contributed by atoms with E-state index in [-0.39, 0.29) is 5.56 Å². The van der Waals surface area contributed by atoms with Crippen LogP contribution in [0.2, 0.25) is 0 Å². The number of rotatable bonds is 2. The largest absolute Gasteiger partial charge is 0.326 e. The maximum Gasteiger partial charge on any atom is 0.271 e. The standard InChI is InChI=1S/C13H15N3O/c1-9-5-3-4-6-12(9)16-13(17)7-11(8-14)10(2)15-16/h3-7H,8,14H2,1-2H3. The molecule has 88 valence electrons. The molecule has 0 radical (unpaired) electrons. The number of para-hydroxylation sites is 1. The van der Waals surface area contributed by atoms with E-state index >= 15 is 0 Å². The van der Waals surface area contributed by atoms with Crippen LogP contribution in [0.5, 0.6) is 0 Å². The van der Waals surface area contributed by atoms with Gasteiger partial charge in [-0.05, 0) is 31.0 Å². The Bertz CT molecular complexity index is 602. The molecule has 0 atom stereocenters. The van der Waals surface area contributed by atoms with E-state index in [1.165, 1.54) is 4.68 Å². The van der Waals surface area contributed by atoms with Crippen LogP contribution in [0, 0.1) is 13.8 Å². The number of hydrogen-bond acceptors (Lipinski definition) is 3. The third-order valence-corrected chi connectivity index (χ3v) is 2.78. The first-order chi connectivity index (χ1) is 8.13. The van der Waals surface area contributed by atoms with Gasteiger partial charge in [-0.15, -0.1) is 0 Å². The Morgan fingerprint density at radius 3 is 2.65 bits per heavy atom. The molecule has 0 bridgehead atoms. The molecule has 1 aromatic heterocycles. The summed E-state index contributed by atoms with van der Waals surface area (Å²) in [6.45, 7) is 4.15. The van der Waals surface area contributed by atoms with E-state index in [0.717, 1.165) is 22.5 Å². The number of aryl methyl sites for hydroxylation is 2. The van der Waals surface area contributed by atoms with E-state index in [1.807, 2.05) is 38.1 Å². The molecule has 0 aliphatic carbocycles. The third kappa shape index (κ3) is 2.12. The maximum absolute atomic E-state index is 11.9. The molecule has 0 amide bonds. The lowest BCUT2D eigenvalue weighted by atomic mass is 10.2. The van der Waals surface area contributed by atoms with Crippen molar-refractivity contribution in [1.29, 1.82) is 0 Å². The zero-order valence-electron chi connectivity index (χ0n) is 9.97. The fraction of sp³-hybridized carbons (Fsp3) is 0.231. The monoisotopic (exact) mass is 229 g/mol. The van der Waals surface area contributed by atoms with E-state index in [2.05, 4.69) is 5.10 Å². The fourth-order valence-corrected chi connectivity index (χ4v) is 1.76. The van der Waals surface area contributed by atoms with Crippen LogP contribution in [-0.4, -0.2) is 9.78 Å². The highest BCUT2D eigenvalue weighted by atomic mass is 16.1. The molecule has 17 heavy (non-hydrogen) atoms. The van der Waals surface area contributed by atoms with E-state index in [0.29, 0.717) is 6.54 Å². The molecule has 0 saturated heterocycles. The van der Waals surface area contributed by atoms with Crippen LogP contribution < -0.4 is 11.3 Å². The maximum atomic E-state index is 11.9. The molecule has 1 heterocycles. The summed E-state index contributed by atoms with van der Waals surface area (Å²) in [5, 5.41) is 4.30. The highest BCUT2D eigenvalue weighted by Gasteiger charge is 2.07. The molecule has 0 aliphatic heterocycles. The molecule has 2 N–H and O–H groups in total. The summed E-state index contributed by atoms with van der Waals surface area (Å²) in [4.78, 5) is 11.9. The molecule has 0 fully saturated rings. The van der Waals surface area contributed by atoms with Crippen molar-refractivity contribution in [3.63, 3.8) is 0 Å². The average Bonchev–Trinajstić information content (AvgIpc) is 2.32. The first-order valence-electron chi connectivity index (χ1n) is 5.49. The minimum Gasteiger partial charge on any atom is -0.326 e. The van der Waals surface area contributed by atoms with Gasteiger partial charge >= 0.3 is 0 Å². The van der Waals surface area contributed by atoms with Gasteiger partial charge in [0, 0.05) is 12.6 Å². The summed E-state index contributed by atoms with van der Waals surface area (Å²) in [5.41, 5.74) is 8.81. The van der Waals surface area contributed by atoms with Crippen molar-refractivity contribution < 1.29 is 0 Å². The Hall–Kier alpha value is -1.94. The van der Waals surface area contributed by atoms with E-state index in [4.69, 9.17) is 5.73 Å². The second-order valence-electron chi connectivity index (χ2n) is 4.00. The van der Waals surface area contributed by atoms with Gasteiger partial charge in [-0.3, -0.25) is 4.79 Å². The normalized spacial score (nSPS) is 10.5. The van der Waals surface area contributed by atoms with Gasteiger partial charge in [0.1, 0.15) is 0 Å². The molecule has 2 aromatic rings. The summed E-state index contributed by atoms with van der Waals surface area (Å²) >= 11 is 0. The van der Waals surface area contributed by atoms with Gasteiger partial charge in [0.25, 0.3) is 5.56 Å². The minimum absolute atomic E-state index is 0.148. The molecule has 1 aromatic carbocycles. The lowest BCUT2D eigenvalue weighted by molar-refractivity contribution is 0.763. The minimum atomic E-state index is -0.148. The SMILES string of the molecule is Cc1ccccc1-n1nc(C)c(CN)cc1=O. The summed E-state index contributed by atoms with van der Waals surface area (Å²) in [6, 6.07) is 9.21. The van der Waals surface area contributed by atoms with Gasteiger partial charge in [0.05, 0.1) is 11.4 Å².